The van der Waals surface area contributed by atoms with Gasteiger partial charge in [-0.25, -0.2) is 0 Å². The summed E-state index contributed by atoms with van der Waals surface area (Å²) in [6.45, 7) is 4.85. The van der Waals surface area contributed by atoms with Crippen LogP contribution in [0, 0.1) is 0 Å². The first-order chi connectivity index (χ1) is 21.3. The van der Waals surface area contributed by atoms with Crippen molar-refractivity contribution in [2.45, 2.75) is 42.8 Å². The van der Waals surface area contributed by atoms with Gasteiger partial charge in [0.05, 0.1) is 24.8 Å². The van der Waals surface area contributed by atoms with Gasteiger partial charge in [0, 0.05) is 21.4 Å². The predicted molar refractivity (Wildman–Crippen MR) is 175 cm³/mol. The van der Waals surface area contributed by atoms with Crippen molar-refractivity contribution in [3.63, 3.8) is 0 Å². The topological polar surface area (TPSA) is 102 Å². The fourth-order valence-corrected chi connectivity index (χ4v) is 7.07. The van der Waals surface area contributed by atoms with Gasteiger partial charge in [-0.15, -0.1) is 10.2 Å². The first kappa shape index (κ1) is 31.8. The number of rotatable bonds is 12. The molecule has 8 nitrogen and oxygen atoms in total. The molecule has 5 rings (SSSR count). The molecule has 3 aromatic carbocycles. The maximum Gasteiger partial charge on any atom is 0.301 e. The van der Waals surface area contributed by atoms with Crippen molar-refractivity contribution >= 4 is 68.9 Å². The highest BCUT2D eigenvalue weighted by Gasteiger charge is 2.48. The van der Waals surface area contributed by atoms with Crippen LogP contribution in [0.4, 0.5) is 5.13 Å². The number of hydrogen-bond acceptors (Lipinski definition) is 9. The van der Waals surface area contributed by atoms with Crippen LogP contribution in [-0.4, -0.2) is 40.2 Å². The third-order valence-corrected chi connectivity index (χ3v) is 9.49. The molecule has 2 heterocycles. The highest BCUT2D eigenvalue weighted by atomic mass is 35.5. The van der Waals surface area contributed by atoms with Crippen LogP contribution in [0.5, 0.6) is 11.5 Å². The maximum absolute atomic E-state index is 13.6. The summed E-state index contributed by atoms with van der Waals surface area (Å²) in [7, 11) is 0. The van der Waals surface area contributed by atoms with Crippen LogP contribution in [0.25, 0.3) is 5.76 Å². The van der Waals surface area contributed by atoms with Crippen molar-refractivity contribution < 1.29 is 24.2 Å². The zero-order chi connectivity index (χ0) is 31.2. The zero-order valence-corrected chi connectivity index (χ0v) is 27.1. The van der Waals surface area contributed by atoms with Crippen LogP contribution in [0.15, 0.2) is 76.6 Å². The first-order valence-electron chi connectivity index (χ1n) is 14.0. The van der Waals surface area contributed by atoms with E-state index in [1.807, 2.05) is 13.0 Å². The van der Waals surface area contributed by atoms with Gasteiger partial charge in [-0.2, -0.15) is 0 Å². The number of ether oxygens (including phenoxy) is 2. The Bertz CT molecular complexity index is 1700. The Hall–Kier alpha value is -3.57. The molecule has 0 saturated carbocycles. The summed E-state index contributed by atoms with van der Waals surface area (Å²) in [6, 6.07) is 18.2. The van der Waals surface area contributed by atoms with Gasteiger partial charge < -0.3 is 14.6 Å². The number of aliphatic hydroxyl groups excluding tert-OH is 1. The third kappa shape index (κ3) is 6.89. The number of thioether (sulfide) groups is 1. The Kier molecular flexibility index (Phi) is 10.5. The normalized spacial score (nSPS) is 16.0. The monoisotopic (exact) mass is 669 g/mol. The van der Waals surface area contributed by atoms with Crippen molar-refractivity contribution in [1.82, 2.24) is 10.2 Å². The van der Waals surface area contributed by atoms with E-state index in [1.165, 1.54) is 28.0 Å². The van der Waals surface area contributed by atoms with Gasteiger partial charge in [0.15, 0.2) is 15.8 Å². The molecule has 1 aliphatic heterocycles. The molecule has 1 N–H and O–H groups in total. The van der Waals surface area contributed by atoms with E-state index < -0.39 is 17.7 Å². The van der Waals surface area contributed by atoms with E-state index in [9.17, 15) is 14.7 Å². The Balaban J connectivity index is 1.55. The molecule has 1 aliphatic rings. The Labute approximate surface area is 273 Å². The van der Waals surface area contributed by atoms with Gasteiger partial charge >= 0.3 is 5.91 Å². The molecule has 12 heteroatoms. The summed E-state index contributed by atoms with van der Waals surface area (Å²) in [6.07, 6.45) is 1.86. The van der Waals surface area contributed by atoms with Crippen LogP contribution in [0.3, 0.4) is 0 Å². The molecular weight excluding hydrogens is 641 g/mol. The maximum atomic E-state index is 13.6. The van der Waals surface area contributed by atoms with Gasteiger partial charge in [0.2, 0.25) is 5.13 Å². The van der Waals surface area contributed by atoms with Crippen molar-refractivity contribution in [2.24, 2.45) is 0 Å². The number of aliphatic hydroxyl groups is 1. The smallest absolute Gasteiger partial charge is 0.301 e. The predicted octanol–water partition coefficient (Wildman–Crippen LogP) is 8.34. The van der Waals surface area contributed by atoms with Gasteiger partial charge in [-0.3, -0.25) is 14.5 Å². The number of benzene rings is 3. The summed E-state index contributed by atoms with van der Waals surface area (Å²) in [4.78, 5) is 28.5. The Morgan fingerprint density at radius 3 is 2.52 bits per heavy atom. The Morgan fingerprint density at radius 1 is 1.00 bits per heavy atom. The molecule has 228 valence electrons. The minimum Gasteiger partial charge on any atom is -0.507 e. The Morgan fingerprint density at radius 2 is 1.80 bits per heavy atom. The molecule has 44 heavy (non-hydrogen) atoms. The van der Waals surface area contributed by atoms with Crippen LogP contribution in [0.1, 0.15) is 49.4 Å². The minimum absolute atomic E-state index is 0.0550. The van der Waals surface area contributed by atoms with Gasteiger partial charge in [-0.05, 0) is 48.7 Å². The highest BCUT2D eigenvalue weighted by Crippen LogP contribution is 2.46. The second kappa shape index (κ2) is 14.5. The van der Waals surface area contributed by atoms with E-state index in [1.54, 1.807) is 60.7 Å². The van der Waals surface area contributed by atoms with E-state index in [-0.39, 0.29) is 16.5 Å². The third-order valence-electron chi connectivity index (χ3n) is 6.80. The molecule has 1 fully saturated rings. The SMILES string of the molecule is CCCCOc1ccc(C2C(=C(O)c3ccccc3)C(=O)C(=O)N2c2nnc(SCc3ccc(Cl)cc3Cl)s2)cc1OCC. The van der Waals surface area contributed by atoms with E-state index >= 15 is 0 Å². The van der Waals surface area contributed by atoms with E-state index in [2.05, 4.69) is 17.1 Å². The minimum atomic E-state index is -0.990. The molecule has 4 aromatic rings. The number of hydrogen-bond donors (Lipinski definition) is 1. The fourth-order valence-electron chi connectivity index (χ4n) is 4.64. The standard InChI is InChI=1S/C32H29Cl2N3O5S2/c1-3-5-15-42-24-14-12-20(16-25(24)41-4-2)27-26(28(38)19-9-7-6-8-10-19)29(39)30(40)37(27)31-35-36-32(44-31)43-18-21-11-13-22(33)17-23(21)34/h6-14,16-17,27,38H,3-5,15,18H2,1-2H3. The number of amides is 1. The molecule has 1 atom stereocenters. The fraction of sp³-hybridized carbons (Fsp3) is 0.250. The van der Waals surface area contributed by atoms with Crippen molar-refractivity contribution in [3.05, 3.63) is 99.0 Å². The quantitative estimate of drug-likeness (QED) is 0.0401. The summed E-state index contributed by atoms with van der Waals surface area (Å²) in [5.41, 5.74) is 1.77. The number of halogens is 2. The molecule has 0 bridgehead atoms. The van der Waals surface area contributed by atoms with Gasteiger partial charge in [-0.1, -0.05) is 102 Å². The van der Waals surface area contributed by atoms with Gasteiger partial charge in [0.1, 0.15) is 5.76 Å². The molecule has 0 radical (unpaired) electrons. The number of nitrogens with zero attached hydrogens (tertiary/aromatic N) is 3. The van der Waals surface area contributed by atoms with Crippen LogP contribution < -0.4 is 14.4 Å². The average Bonchev–Trinajstić information content (AvgIpc) is 3.59. The van der Waals surface area contributed by atoms with Crippen molar-refractivity contribution in [1.29, 1.82) is 0 Å². The van der Waals surface area contributed by atoms with E-state index in [0.29, 0.717) is 56.0 Å². The number of aromatic nitrogens is 2. The lowest BCUT2D eigenvalue weighted by Crippen LogP contribution is -2.29. The number of carbonyl (C=O) groups is 2. The molecule has 1 aromatic heterocycles. The molecule has 1 amide bonds. The zero-order valence-electron chi connectivity index (χ0n) is 24.0. The molecule has 1 unspecified atom stereocenters. The lowest BCUT2D eigenvalue weighted by atomic mass is 9.95. The highest BCUT2D eigenvalue weighted by molar-refractivity contribution is 8.00. The lowest BCUT2D eigenvalue weighted by Gasteiger charge is -2.23. The number of Topliss-reactive ketones (excluding diaryl/α,β-unsaturated/α-hetero) is 1. The largest absolute Gasteiger partial charge is 0.507 e. The lowest BCUT2D eigenvalue weighted by molar-refractivity contribution is -0.132. The molecule has 0 aliphatic carbocycles. The number of carbonyl (C=O) groups excluding carboxylic acids is 2. The molecule has 1 saturated heterocycles. The summed E-state index contributed by atoms with van der Waals surface area (Å²) in [5.74, 6) is -0.400. The van der Waals surface area contributed by atoms with Crippen molar-refractivity contribution in [3.8, 4) is 11.5 Å². The van der Waals surface area contributed by atoms with Crippen LogP contribution in [-0.2, 0) is 15.3 Å². The first-order valence-corrected chi connectivity index (χ1v) is 16.5. The second-order valence-electron chi connectivity index (χ2n) is 9.75. The number of anilines is 1. The summed E-state index contributed by atoms with van der Waals surface area (Å²) in [5, 5.41) is 21.3. The average molecular weight is 671 g/mol. The van der Waals surface area contributed by atoms with Crippen LogP contribution in [0.2, 0.25) is 10.0 Å². The second-order valence-corrected chi connectivity index (χ2v) is 12.8. The molecular formula is C32H29Cl2N3O5S2. The summed E-state index contributed by atoms with van der Waals surface area (Å²) < 4.78 is 12.4. The number of ketones is 1. The van der Waals surface area contributed by atoms with Crippen molar-refractivity contribution in [2.75, 3.05) is 18.1 Å². The van der Waals surface area contributed by atoms with Gasteiger partial charge in [0.25, 0.3) is 5.78 Å². The summed E-state index contributed by atoms with van der Waals surface area (Å²) >= 11 is 14.9. The molecule has 0 spiro atoms. The van der Waals surface area contributed by atoms with Crippen LogP contribution >= 0.6 is 46.3 Å². The number of unbranched alkanes of at least 4 members (excludes halogenated alkanes) is 1. The van der Waals surface area contributed by atoms with E-state index in [0.717, 1.165) is 18.4 Å². The van der Waals surface area contributed by atoms with E-state index in [4.69, 9.17) is 32.7 Å².